The lowest BCUT2D eigenvalue weighted by molar-refractivity contribution is 0.142. The zero-order chi connectivity index (χ0) is 25.1. The van der Waals surface area contributed by atoms with Crippen LogP contribution >= 0.6 is 0 Å². The Bertz CT molecular complexity index is 1590. The average Bonchev–Trinajstić information content (AvgIpc) is 3.23. The van der Waals surface area contributed by atoms with E-state index < -0.39 is 6.16 Å². The van der Waals surface area contributed by atoms with E-state index >= 15 is 0 Å². The summed E-state index contributed by atoms with van der Waals surface area (Å²) >= 11 is 0. The first-order chi connectivity index (χ1) is 17.6. The Balaban J connectivity index is 1.44. The molecule has 180 valence electrons. The predicted molar refractivity (Wildman–Crippen MR) is 140 cm³/mol. The van der Waals surface area contributed by atoms with Crippen molar-refractivity contribution in [3.63, 3.8) is 0 Å². The van der Waals surface area contributed by atoms with Crippen LogP contribution in [0.1, 0.15) is 17.5 Å². The number of nitrogens with zero attached hydrogens (tertiary/aromatic N) is 1. The van der Waals surface area contributed by atoms with Gasteiger partial charge in [-0.1, -0.05) is 72.8 Å². The fourth-order valence-electron chi connectivity index (χ4n) is 4.65. The van der Waals surface area contributed by atoms with Crippen LogP contribution in [-0.4, -0.2) is 22.9 Å². The zero-order valence-electron chi connectivity index (χ0n) is 19.7. The highest BCUT2D eigenvalue weighted by Crippen LogP contribution is 2.38. The first kappa shape index (κ1) is 23.1. The minimum atomic E-state index is -1.38. The fourth-order valence-corrected chi connectivity index (χ4v) is 4.65. The van der Waals surface area contributed by atoms with Crippen LogP contribution in [0.5, 0.6) is 11.6 Å². The highest BCUT2D eigenvalue weighted by Gasteiger charge is 2.19. The highest BCUT2D eigenvalue weighted by atomic mass is 16.7. The number of rotatable bonds is 8. The van der Waals surface area contributed by atoms with Crippen LogP contribution in [0, 0.1) is 11.8 Å². The van der Waals surface area contributed by atoms with Crippen LogP contribution in [0.2, 0.25) is 0 Å². The number of carboxylic acid groups (broad SMARTS) is 1. The number of nitrogens with one attached hydrogen (secondary N) is 1. The van der Waals surface area contributed by atoms with E-state index in [1.54, 1.807) is 6.07 Å². The Morgan fingerprint density at radius 2 is 1.67 bits per heavy atom. The summed E-state index contributed by atoms with van der Waals surface area (Å²) in [6.07, 6.45) is -0.304. The van der Waals surface area contributed by atoms with Gasteiger partial charge in [0.1, 0.15) is 0 Å². The van der Waals surface area contributed by atoms with Crippen LogP contribution in [0.3, 0.4) is 0 Å². The van der Waals surface area contributed by atoms with Gasteiger partial charge >= 0.3 is 6.16 Å². The summed E-state index contributed by atoms with van der Waals surface area (Å²) in [6.45, 7) is 2.35. The van der Waals surface area contributed by atoms with Crippen molar-refractivity contribution < 1.29 is 19.4 Å². The molecule has 0 fully saturated rings. The molecule has 4 aromatic carbocycles. The van der Waals surface area contributed by atoms with Crippen molar-refractivity contribution in [2.75, 3.05) is 6.61 Å². The topological polar surface area (TPSA) is 101 Å². The lowest BCUT2D eigenvalue weighted by Gasteiger charge is -2.11. The van der Waals surface area contributed by atoms with E-state index in [1.807, 2.05) is 79.7 Å². The number of ether oxygens (including phenoxy) is 2. The van der Waals surface area contributed by atoms with E-state index in [4.69, 9.17) is 9.47 Å². The largest absolute Gasteiger partial charge is 0.512 e. The molecule has 0 aliphatic carbocycles. The number of carbonyl (C=O) groups is 1. The summed E-state index contributed by atoms with van der Waals surface area (Å²) in [5.41, 5.74) is 4.98. The lowest BCUT2D eigenvalue weighted by Crippen LogP contribution is -2.06. The van der Waals surface area contributed by atoms with Gasteiger partial charge in [0.15, 0.2) is 11.4 Å². The van der Waals surface area contributed by atoms with Gasteiger partial charge in [-0.25, -0.2) is 4.79 Å². The second-order valence-corrected chi connectivity index (χ2v) is 8.52. The summed E-state index contributed by atoms with van der Waals surface area (Å²) in [5.74, 6) is 0.657. The molecule has 36 heavy (non-hydrogen) atoms. The number of benzene rings is 4. The number of fused-ring (bicyclic) bond motifs is 2. The van der Waals surface area contributed by atoms with E-state index in [0.717, 1.165) is 43.9 Å². The van der Waals surface area contributed by atoms with E-state index in [2.05, 4.69) is 10.2 Å². The standard InChI is InChI=1S/C29H24N2O5/c1-18-8-2-4-10-20(18)22-12-6-13-23-24(28(30-26(22)23)36-29(32)33)14-7-17-35-27-21-11-5-3-9-19(21)15-16-25(27)31-34/h2-6,8-13,15-16,30H,7,14,17H2,1H3,(H,32,33). The van der Waals surface area contributed by atoms with Gasteiger partial charge in [-0.15, -0.1) is 4.91 Å². The van der Waals surface area contributed by atoms with Crippen LogP contribution in [-0.2, 0) is 6.42 Å². The van der Waals surface area contributed by atoms with Gasteiger partial charge in [-0.05, 0) is 47.5 Å². The molecule has 1 heterocycles. The molecule has 5 rings (SSSR count). The molecule has 0 amide bonds. The Morgan fingerprint density at radius 3 is 2.47 bits per heavy atom. The van der Waals surface area contributed by atoms with E-state index in [1.165, 1.54) is 0 Å². The molecule has 0 unspecified atom stereocenters. The number of hydrogen-bond acceptors (Lipinski definition) is 5. The van der Waals surface area contributed by atoms with Crippen molar-refractivity contribution in [1.29, 1.82) is 0 Å². The molecule has 0 aliphatic heterocycles. The first-order valence-corrected chi connectivity index (χ1v) is 11.6. The lowest BCUT2D eigenvalue weighted by atomic mass is 9.97. The summed E-state index contributed by atoms with van der Waals surface area (Å²) in [4.78, 5) is 26.0. The Hall–Kier alpha value is -4.65. The molecule has 0 bridgehead atoms. The van der Waals surface area contributed by atoms with Crippen LogP contribution in [0.4, 0.5) is 10.5 Å². The van der Waals surface area contributed by atoms with Gasteiger partial charge in [0, 0.05) is 21.9 Å². The van der Waals surface area contributed by atoms with Gasteiger partial charge < -0.3 is 19.6 Å². The maximum Gasteiger partial charge on any atom is 0.512 e. The molecular formula is C29H24N2O5. The number of hydrogen-bond donors (Lipinski definition) is 2. The van der Waals surface area contributed by atoms with Crippen molar-refractivity contribution in [1.82, 2.24) is 4.98 Å². The van der Waals surface area contributed by atoms with Crippen molar-refractivity contribution in [2.45, 2.75) is 19.8 Å². The van der Waals surface area contributed by atoms with Crippen LogP contribution < -0.4 is 9.47 Å². The van der Waals surface area contributed by atoms with Crippen LogP contribution in [0.15, 0.2) is 84.0 Å². The second kappa shape index (κ2) is 9.92. The Morgan fingerprint density at radius 1 is 0.917 bits per heavy atom. The summed E-state index contributed by atoms with van der Waals surface area (Å²) in [7, 11) is 0. The molecule has 1 aromatic heterocycles. The molecule has 0 saturated carbocycles. The quantitative estimate of drug-likeness (QED) is 0.134. The summed E-state index contributed by atoms with van der Waals surface area (Å²) in [6, 6.07) is 25.1. The number of nitroso groups, excluding NO2 is 1. The van der Waals surface area contributed by atoms with Gasteiger partial charge in [-0.3, -0.25) is 0 Å². The fraction of sp³-hybridized carbons (Fsp3) is 0.138. The molecule has 2 N–H and O–H groups in total. The normalized spacial score (nSPS) is 11.0. The Kier molecular flexibility index (Phi) is 6.36. The third-order valence-electron chi connectivity index (χ3n) is 6.30. The number of aryl methyl sites for hydroxylation is 2. The highest BCUT2D eigenvalue weighted by molar-refractivity contribution is 5.98. The molecule has 0 atom stereocenters. The number of H-pyrrole nitrogens is 1. The van der Waals surface area contributed by atoms with Crippen molar-refractivity contribution in [2.24, 2.45) is 5.18 Å². The molecule has 0 aliphatic rings. The van der Waals surface area contributed by atoms with E-state index in [-0.39, 0.29) is 11.6 Å². The van der Waals surface area contributed by atoms with Crippen molar-refractivity contribution in [3.05, 3.63) is 94.9 Å². The van der Waals surface area contributed by atoms with Crippen molar-refractivity contribution in [3.8, 4) is 22.8 Å². The first-order valence-electron chi connectivity index (χ1n) is 11.6. The molecule has 5 aromatic rings. The van der Waals surface area contributed by atoms with Crippen molar-refractivity contribution >= 4 is 33.5 Å². The molecule has 0 spiro atoms. The van der Waals surface area contributed by atoms with Crippen LogP contribution in [0.25, 0.3) is 32.8 Å². The third kappa shape index (κ3) is 4.38. The van der Waals surface area contributed by atoms with Gasteiger partial charge in [0.25, 0.3) is 0 Å². The number of aromatic amines is 1. The average molecular weight is 481 g/mol. The maximum atomic E-state index is 11.4. The van der Waals surface area contributed by atoms with E-state index in [0.29, 0.717) is 25.2 Å². The molecule has 7 nitrogen and oxygen atoms in total. The summed E-state index contributed by atoms with van der Waals surface area (Å²) in [5, 5.41) is 15.1. The van der Waals surface area contributed by atoms with E-state index in [9.17, 15) is 14.8 Å². The molecular weight excluding hydrogens is 456 g/mol. The zero-order valence-corrected chi connectivity index (χ0v) is 19.7. The maximum absolute atomic E-state index is 11.4. The smallest absolute Gasteiger partial charge is 0.491 e. The van der Waals surface area contributed by atoms with Gasteiger partial charge in [0.05, 0.1) is 12.1 Å². The number of para-hydroxylation sites is 1. The van der Waals surface area contributed by atoms with Gasteiger partial charge in [0.2, 0.25) is 5.88 Å². The predicted octanol–water partition coefficient (Wildman–Crippen LogP) is 7.76. The second-order valence-electron chi connectivity index (χ2n) is 8.52. The molecule has 0 saturated heterocycles. The molecule has 0 radical (unpaired) electrons. The minimum Gasteiger partial charge on any atom is -0.491 e. The SMILES string of the molecule is Cc1ccccc1-c1cccc2c(CCCOc3c(N=O)ccc4ccccc34)c(OC(=O)O)[nH]c12. The minimum absolute atomic E-state index is 0.207. The third-order valence-corrected chi connectivity index (χ3v) is 6.30. The Labute approximate surface area is 207 Å². The summed E-state index contributed by atoms with van der Waals surface area (Å²) < 4.78 is 11.1. The van der Waals surface area contributed by atoms with Gasteiger partial charge in [-0.2, -0.15) is 0 Å². The number of aromatic nitrogens is 1. The monoisotopic (exact) mass is 480 g/mol. The molecule has 7 heteroatoms.